The fourth-order valence-corrected chi connectivity index (χ4v) is 2.68. The number of nitrogens with one attached hydrogen (secondary N) is 1. The topological polar surface area (TPSA) is 106 Å². The van der Waals surface area contributed by atoms with E-state index in [0.29, 0.717) is 5.56 Å². The van der Waals surface area contributed by atoms with E-state index in [-0.39, 0.29) is 25.1 Å². The summed E-state index contributed by atoms with van der Waals surface area (Å²) in [5.74, 6) is -1.27. The van der Waals surface area contributed by atoms with Crippen LogP contribution in [-0.2, 0) is 10.3 Å². The summed E-state index contributed by atoms with van der Waals surface area (Å²) >= 11 is 0. The first-order chi connectivity index (χ1) is 12.3. The monoisotopic (exact) mass is 362 g/mol. The molecule has 2 atom stereocenters. The highest BCUT2D eigenvalue weighted by molar-refractivity contribution is 6.07. The lowest BCUT2D eigenvalue weighted by molar-refractivity contribution is -0.131. The summed E-state index contributed by atoms with van der Waals surface area (Å²) in [5, 5.41) is 20.3. The lowest BCUT2D eigenvalue weighted by atomic mass is 9.91. The lowest BCUT2D eigenvalue weighted by Crippen LogP contribution is -2.41. The summed E-state index contributed by atoms with van der Waals surface area (Å²) < 4.78 is 28.7. The van der Waals surface area contributed by atoms with E-state index in [1.165, 1.54) is 31.2 Å². The molecule has 0 spiro atoms. The molecule has 0 radical (unpaired) electrons. The first-order valence-corrected chi connectivity index (χ1v) is 7.78. The van der Waals surface area contributed by atoms with Crippen molar-refractivity contribution >= 4 is 11.9 Å². The van der Waals surface area contributed by atoms with Crippen molar-refractivity contribution in [1.82, 2.24) is 10.2 Å². The minimum absolute atomic E-state index is 0.0676. The van der Waals surface area contributed by atoms with Gasteiger partial charge in [-0.25, -0.2) is 4.79 Å². The van der Waals surface area contributed by atoms with Gasteiger partial charge in [0.05, 0.1) is 18.1 Å². The molecule has 0 saturated carbocycles. The maximum absolute atomic E-state index is 12.7. The van der Waals surface area contributed by atoms with E-state index in [2.05, 4.69) is 10.1 Å². The molecule has 1 heterocycles. The molecule has 1 aliphatic rings. The minimum atomic E-state index is -2.96. The van der Waals surface area contributed by atoms with E-state index in [4.69, 9.17) is 10.5 Å². The number of ether oxygens (including phenoxy) is 1. The van der Waals surface area contributed by atoms with Crippen molar-refractivity contribution < 1.29 is 23.1 Å². The summed E-state index contributed by atoms with van der Waals surface area (Å²) in [6.07, 6.45) is 0.394. The van der Waals surface area contributed by atoms with Crippen molar-refractivity contribution in [3.05, 3.63) is 29.8 Å². The molecule has 1 fully saturated rings. The van der Waals surface area contributed by atoms with Crippen molar-refractivity contribution in [2.24, 2.45) is 5.92 Å². The Bertz CT molecular complexity index is 770. The first kappa shape index (κ1) is 19.1. The van der Waals surface area contributed by atoms with Crippen molar-refractivity contribution in [2.45, 2.75) is 31.9 Å². The maximum Gasteiger partial charge on any atom is 0.387 e. The minimum Gasteiger partial charge on any atom is -0.435 e. The number of amides is 3. The van der Waals surface area contributed by atoms with Gasteiger partial charge in [-0.2, -0.15) is 19.3 Å². The third-order valence-corrected chi connectivity index (χ3v) is 4.12. The summed E-state index contributed by atoms with van der Waals surface area (Å²) in [5.41, 5.74) is -0.985. The Labute approximate surface area is 148 Å². The van der Waals surface area contributed by atoms with E-state index in [1.807, 2.05) is 12.1 Å². The molecule has 0 aliphatic carbocycles. The first-order valence-electron chi connectivity index (χ1n) is 7.78. The van der Waals surface area contributed by atoms with Crippen LogP contribution in [0.5, 0.6) is 5.75 Å². The van der Waals surface area contributed by atoms with Gasteiger partial charge in [-0.05, 0) is 31.0 Å². The molecule has 9 heteroatoms. The van der Waals surface area contributed by atoms with Gasteiger partial charge in [0.1, 0.15) is 11.3 Å². The number of rotatable bonds is 7. The highest BCUT2D eigenvalue weighted by Gasteiger charge is 2.49. The van der Waals surface area contributed by atoms with Gasteiger partial charge >= 0.3 is 12.6 Å². The summed E-state index contributed by atoms with van der Waals surface area (Å²) in [4.78, 5) is 25.9. The Morgan fingerprint density at radius 2 is 1.92 bits per heavy atom. The van der Waals surface area contributed by atoms with E-state index in [9.17, 15) is 18.4 Å². The number of hydrogen-bond donors (Lipinski definition) is 1. The van der Waals surface area contributed by atoms with Crippen LogP contribution in [0.4, 0.5) is 13.6 Å². The Balaban J connectivity index is 2.18. The SMILES string of the molecule is C[C@]1(c2ccc(OC(F)F)cc2)NC(=O)N(C[C@@H](C#N)CCC#N)C1=O. The highest BCUT2D eigenvalue weighted by atomic mass is 19.3. The molecule has 136 valence electrons. The van der Waals surface area contributed by atoms with E-state index in [0.717, 1.165) is 4.90 Å². The highest BCUT2D eigenvalue weighted by Crippen LogP contribution is 2.31. The number of urea groups is 1. The Kier molecular flexibility index (Phi) is 5.73. The summed E-state index contributed by atoms with van der Waals surface area (Å²) in [7, 11) is 0. The zero-order valence-electron chi connectivity index (χ0n) is 13.9. The third kappa shape index (κ3) is 3.89. The molecule has 1 saturated heterocycles. The van der Waals surface area contributed by atoms with Gasteiger partial charge in [-0.1, -0.05) is 12.1 Å². The van der Waals surface area contributed by atoms with Crippen LogP contribution in [0.1, 0.15) is 25.3 Å². The second-order valence-corrected chi connectivity index (χ2v) is 5.90. The van der Waals surface area contributed by atoms with Gasteiger partial charge in [-0.15, -0.1) is 0 Å². The Morgan fingerprint density at radius 3 is 2.46 bits per heavy atom. The van der Waals surface area contributed by atoms with Gasteiger partial charge in [0.25, 0.3) is 5.91 Å². The number of nitriles is 2. The predicted octanol–water partition coefficient (Wildman–Crippen LogP) is 2.50. The molecule has 0 unspecified atom stereocenters. The number of carbonyl (C=O) groups is 2. The number of benzene rings is 1. The molecule has 0 aromatic heterocycles. The van der Waals surface area contributed by atoms with Gasteiger partial charge in [0.2, 0.25) is 0 Å². The molecule has 1 aromatic rings. The normalized spacial score (nSPS) is 20.5. The van der Waals surface area contributed by atoms with Crippen molar-refractivity contribution in [3.8, 4) is 17.9 Å². The third-order valence-electron chi connectivity index (χ3n) is 4.12. The lowest BCUT2D eigenvalue weighted by Gasteiger charge is -2.23. The number of carbonyl (C=O) groups excluding carboxylic acids is 2. The van der Waals surface area contributed by atoms with E-state index < -0.39 is 30.0 Å². The fraction of sp³-hybridized carbons (Fsp3) is 0.412. The Morgan fingerprint density at radius 1 is 1.27 bits per heavy atom. The standard InChI is InChI=1S/C17H16F2N4O3/c1-17(12-4-6-13(7-5-12)26-15(18)19)14(24)23(16(25)22-17)10-11(9-21)3-2-8-20/h4-7,11,15H,2-3,10H2,1H3,(H,22,25)/t11-,17-/m1/s1. The summed E-state index contributed by atoms with van der Waals surface area (Å²) in [6.45, 7) is -1.59. The van der Waals surface area contributed by atoms with Gasteiger partial charge in [-0.3, -0.25) is 9.69 Å². The number of halogens is 2. The van der Waals surface area contributed by atoms with Crippen molar-refractivity contribution in [3.63, 3.8) is 0 Å². The molecular formula is C17H16F2N4O3. The van der Waals surface area contributed by atoms with Crippen LogP contribution in [0.15, 0.2) is 24.3 Å². The van der Waals surface area contributed by atoms with Crippen molar-refractivity contribution in [2.75, 3.05) is 6.54 Å². The van der Waals surface area contributed by atoms with Crippen LogP contribution in [0, 0.1) is 28.6 Å². The Hall–Kier alpha value is -3.20. The van der Waals surface area contributed by atoms with Crippen LogP contribution in [0.3, 0.4) is 0 Å². The quantitative estimate of drug-likeness (QED) is 0.750. The van der Waals surface area contributed by atoms with Gasteiger partial charge in [0.15, 0.2) is 0 Å². The molecule has 1 aliphatic heterocycles. The molecule has 2 rings (SSSR count). The van der Waals surface area contributed by atoms with Crippen LogP contribution >= 0.6 is 0 Å². The predicted molar refractivity (Wildman–Crippen MR) is 84.6 cm³/mol. The number of alkyl halides is 2. The van der Waals surface area contributed by atoms with Crippen LogP contribution < -0.4 is 10.1 Å². The number of hydrogen-bond acceptors (Lipinski definition) is 5. The van der Waals surface area contributed by atoms with Gasteiger partial charge < -0.3 is 10.1 Å². The molecule has 0 bridgehead atoms. The second-order valence-electron chi connectivity index (χ2n) is 5.90. The maximum atomic E-state index is 12.7. The van der Waals surface area contributed by atoms with Crippen LogP contribution in [0.25, 0.3) is 0 Å². The number of nitrogens with zero attached hydrogens (tertiary/aromatic N) is 3. The summed E-state index contributed by atoms with van der Waals surface area (Å²) in [6, 6.07) is 8.64. The smallest absolute Gasteiger partial charge is 0.387 e. The molecule has 26 heavy (non-hydrogen) atoms. The zero-order valence-corrected chi connectivity index (χ0v) is 13.9. The molecule has 3 amide bonds. The van der Waals surface area contributed by atoms with E-state index >= 15 is 0 Å². The molecule has 7 nitrogen and oxygen atoms in total. The molecular weight excluding hydrogens is 346 g/mol. The van der Waals surface area contributed by atoms with Crippen LogP contribution in [-0.4, -0.2) is 30.0 Å². The van der Waals surface area contributed by atoms with Crippen LogP contribution in [0.2, 0.25) is 0 Å². The van der Waals surface area contributed by atoms with E-state index in [1.54, 1.807) is 0 Å². The molecule has 1 aromatic carbocycles. The average Bonchev–Trinajstić information content (AvgIpc) is 2.82. The zero-order chi connectivity index (χ0) is 19.3. The largest absolute Gasteiger partial charge is 0.435 e. The fourth-order valence-electron chi connectivity index (χ4n) is 2.68. The average molecular weight is 362 g/mol. The van der Waals surface area contributed by atoms with Gasteiger partial charge in [0, 0.05) is 13.0 Å². The second kappa shape index (κ2) is 7.79. The van der Waals surface area contributed by atoms with Crippen molar-refractivity contribution in [1.29, 1.82) is 10.5 Å². The number of imide groups is 1. The molecule has 1 N–H and O–H groups in total.